The number of nitrogens with one attached hydrogen (secondary N) is 1. The van der Waals surface area contributed by atoms with Gasteiger partial charge >= 0.3 is 0 Å². The van der Waals surface area contributed by atoms with Crippen molar-refractivity contribution in [1.29, 1.82) is 0 Å². The van der Waals surface area contributed by atoms with Crippen LogP contribution in [0.25, 0.3) is 10.6 Å². The maximum atomic E-state index is 13.0. The van der Waals surface area contributed by atoms with E-state index < -0.39 is 0 Å². The summed E-state index contributed by atoms with van der Waals surface area (Å²) in [7, 11) is 0. The van der Waals surface area contributed by atoms with Crippen LogP contribution in [0.4, 0.5) is 9.52 Å². The Morgan fingerprint density at radius 1 is 1.07 bits per heavy atom. The Bertz CT molecular complexity index is 979. The van der Waals surface area contributed by atoms with Crippen LogP contribution in [-0.2, 0) is 12.2 Å². The summed E-state index contributed by atoms with van der Waals surface area (Å²) in [5.41, 5.74) is 1.93. The molecule has 0 radical (unpaired) electrons. The van der Waals surface area contributed by atoms with Crippen LogP contribution in [-0.4, -0.2) is 21.7 Å². The molecule has 0 aliphatic rings. The van der Waals surface area contributed by atoms with E-state index in [1.165, 1.54) is 17.0 Å². The van der Waals surface area contributed by atoms with Gasteiger partial charge in [0.15, 0.2) is 4.34 Å². The second kappa shape index (κ2) is 8.92. The van der Waals surface area contributed by atoms with E-state index in [0.29, 0.717) is 0 Å². The van der Waals surface area contributed by atoms with E-state index in [1.54, 1.807) is 57.9 Å². The van der Waals surface area contributed by atoms with Crippen molar-refractivity contribution in [1.82, 2.24) is 15.2 Å². The molecule has 4 nitrogen and oxygen atoms in total. The molecule has 3 aromatic heterocycles. The zero-order valence-corrected chi connectivity index (χ0v) is 17.4. The summed E-state index contributed by atoms with van der Waals surface area (Å²) >= 11 is 6.53. The van der Waals surface area contributed by atoms with Gasteiger partial charge in [0.2, 0.25) is 5.13 Å². The Morgan fingerprint density at radius 3 is 2.78 bits per heavy atom. The maximum Gasteiger partial charge on any atom is 0.206 e. The van der Waals surface area contributed by atoms with Crippen molar-refractivity contribution in [2.45, 2.75) is 16.5 Å². The molecule has 0 atom stereocenters. The quantitative estimate of drug-likeness (QED) is 0.355. The molecule has 0 amide bonds. The normalized spacial score (nSPS) is 11.0. The Morgan fingerprint density at radius 2 is 1.96 bits per heavy atom. The highest BCUT2D eigenvalue weighted by molar-refractivity contribution is 8.00. The third-order valence-electron chi connectivity index (χ3n) is 3.62. The first-order chi connectivity index (χ1) is 13.3. The lowest BCUT2D eigenvalue weighted by molar-refractivity contribution is 0.628. The summed E-state index contributed by atoms with van der Waals surface area (Å²) in [6.07, 6.45) is 0.991. The van der Waals surface area contributed by atoms with Gasteiger partial charge in [-0.1, -0.05) is 29.2 Å². The number of thioether (sulfide) groups is 1. The van der Waals surface area contributed by atoms with Gasteiger partial charge in [-0.15, -0.1) is 32.9 Å². The average molecular weight is 435 g/mol. The predicted molar refractivity (Wildman–Crippen MR) is 113 cm³/mol. The number of hydrogen-bond acceptors (Lipinski definition) is 8. The fraction of sp³-hybridized carbons (Fsp3) is 0.167. The molecule has 27 heavy (non-hydrogen) atoms. The topological polar surface area (TPSA) is 50.7 Å². The van der Waals surface area contributed by atoms with Crippen LogP contribution in [0, 0.1) is 5.82 Å². The number of rotatable bonds is 8. The minimum absolute atomic E-state index is 0.234. The van der Waals surface area contributed by atoms with Gasteiger partial charge < -0.3 is 5.32 Å². The highest BCUT2D eigenvalue weighted by atomic mass is 32.2. The zero-order valence-electron chi connectivity index (χ0n) is 14.1. The number of thiazole rings is 1. The molecular formula is C18H15FN4S4. The maximum absolute atomic E-state index is 13.0. The number of hydrogen-bond donors (Lipinski definition) is 1. The number of nitrogens with zero attached hydrogens (tertiary/aromatic N) is 3. The minimum Gasteiger partial charge on any atom is -0.360 e. The summed E-state index contributed by atoms with van der Waals surface area (Å²) < 4.78 is 14.0. The van der Waals surface area contributed by atoms with E-state index in [9.17, 15) is 4.39 Å². The largest absolute Gasteiger partial charge is 0.360 e. The molecule has 0 saturated carbocycles. The van der Waals surface area contributed by atoms with Gasteiger partial charge in [0.25, 0.3) is 0 Å². The molecular weight excluding hydrogens is 419 g/mol. The van der Waals surface area contributed by atoms with E-state index in [0.717, 1.165) is 44.5 Å². The van der Waals surface area contributed by atoms with Gasteiger partial charge in [0.1, 0.15) is 10.8 Å². The lowest BCUT2D eigenvalue weighted by Gasteiger charge is -1.99. The second-order valence-electron chi connectivity index (χ2n) is 5.57. The van der Waals surface area contributed by atoms with Gasteiger partial charge in [-0.25, -0.2) is 9.37 Å². The van der Waals surface area contributed by atoms with Crippen molar-refractivity contribution < 1.29 is 4.39 Å². The second-order valence-corrected chi connectivity index (χ2v) is 9.66. The standard InChI is InChI=1S/C18H15FN4S4/c19-13-5-3-12(4-6-13)16-21-14(10-25-16)11-26-18-23-22-17(27-18)20-8-7-15-2-1-9-24-15/h1-6,9-10H,7-8,11H2,(H,20,22). The molecule has 3 heterocycles. The Balaban J connectivity index is 1.28. The molecule has 4 aromatic rings. The van der Waals surface area contributed by atoms with Gasteiger partial charge in [-0.05, 0) is 42.1 Å². The molecule has 1 N–H and O–H groups in total. The Labute approximate surface area is 172 Å². The van der Waals surface area contributed by atoms with E-state index in [-0.39, 0.29) is 5.82 Å². The smallest absolute Gasteiger partial charge is 0.206 e. The fourth-order valence-corrected chi connectivity index (χ4v) is 5.63. The van der Waals surface area contributed by atoms with Crippen molar-refractivity contribution in [2.24, 2.45) is 0 Å². The SMILES string of the molecule is Fc1ccc(-c2nc(CSc3nnc(NCCc4cccs4)s3)cs2)cc1. The van der Waals surface area contributed by atoms with Crippen LogP contribution in [0.5, 0.6) is 0 Å². The van der Waals surface area contributed by atoms with Crippen LogP contribution >= 0.6 is 45.8 Å². The number of thiophene rings is 1. The zero-order chi connectivity index (χ0) is 18.5. The summed E-state index contributed by atoms with van der Waals surface area (Å²) in [4.78, 5) is 5.99. The molecule has 0 aliphatic heterocycles. The Kier molecular flexibility index (Phi) is 6.13. The summed E-state index contributed by atoms with van der Waals surface area (Å²) in [6, 6.07) is 10.6. The van der Waals surface area contributed by atoms with Crippen LogP contribution in [0.3, 0.4) is 0 Å². The van der Waals surface area contributed by atoms with Crippen LogP contribution in [0.1, 0.15) is 10.6 Å². The van der Waals surface area contributed by atoms with Crippen molar-refractivity contribution in [3.05, 3.63) is 63.5 Å². The van der Waals surface area contributed by atoms with Crippen LogP contribution in [0.15, 0.2) is 51.5 Å². The third kappa shape index (κ3) is 5.13. The highest BCUT2D eigenvalue weighted by Crippen LogP contribution is 2.30. The van der Waals surface area contributed by atoms with E-state index in [1.807, 2.05) is 5.38 Å². The summed E-state index contributed by atoms with van der Waals surface area (Å²) in [5, 5.41) is 17.6. The molecule has 0 saturated heterocycles. The first-order valence-corrected chi connectivity index (χ1v) is 11.8. The average Bonchev–Trinajstić information content (AvgIpc) is 3.43. The molecule has 4 rings (SSSR count). The lowest BCUT2D eigenvalue weighted by Crippen LogP contribution is -2.03. The molecule has 9 heteroatoms. The van der Waals surface area contributed by atoms with Crippen molar-refractivity contribution in [3.63, 3.8) is 0 Å². The first kappa shape index (κ1) is 18.5. The minimum atomic E-state index is -0.234. The molecule has 138 valence electrons. The lowest BCUT2D eigenvalue weighted by atomic mass is 10.2. The van der Waals surface area contributed by atoms with Gasteiger partial charge in [0.05, 0.1) is 5.69 Å². The number of aromatic nitrogens is 3. The Hall–Kier alpha value is -1.81. The highest BCUT2D eigenvalue weighted by Gasteiger charge is 2.09. The van der Waals surface area contributed by atoms with Gasteiger partial charge in [-0.2, -0.15) is 0 Å². The molecule has 0 spiro atoms. The molecule has 0 fully saturated rings. The fourth-order valence-electron chi connectivity index (χ4n) is 2.32. The van der Waals surface area contributed by atoms with Crippen LogP contribution in [0.2, 0.25) is 0 Å². The van der Waals surface area contributed by atoms with Crippen molar-refractivity contribution in [2.75, 3.05) is 11.9 Å². The van der Waals surface area contributed by atoms with Crippen molar-refractivity contribution >= 4 is 50.9 Å². The number of benzene rings is 1. The molecule has 0 bridgehead atoms. The van der Waals surface area contributed by atoms with Crippen LogP contribution < -0.4 is 5.32 Å². The molecule has 1 aromatic carbocycles. The van der Waals surface area contributed by atoms with E-state index >= 15 is 0 Å². The molecule has 0 unspecified atom stereocenters. The first-order valence-electron chi connectivity index (χ1n) is 8.19. The predicted octanol–water partition coefficient (Wildman–Crippen LogP) is 5.81. The summed E-state index contributed by atoms with van der Waals surface area (Å²) in [6.45, 7) is 0.854. The van der Waals surface area contributed by atoms with Gasteiger partial charge in [-0.3, -0.25) is 0 Å². The van der Waals surface area contributed by atoms with E-state index in [2.05, 4.69) is 38.0 Å². The summed E-state index contributed by atoms with van der Waals surface area (Å²) in [5.74, 6) is 0.504. The molecule has 0 aliphatic carbocycles. The number of halogens is 1. The van der Waals surface area contributed by atoms with Gasteiger partial charge in [0, 0.05) is 28.1 Å². The number of anilines is 1. The van der Waals surface area contributed by atoms with E-state index in [4.69, 9.17) is 0 Å². The third-order valence-corrected chi connectivity index (χ3v) is 7.54. The van der Waals surface area contributed by atoms with Crippen molar-refractivity contribution in [3.8, 4) is 10.6 Å². The monoisotopic (exact) mass is 434 g/mol.